The Bertz CT molecular complexity index is 713. The zero-order valence-corrected chi connectivity index (χ0v) is 14.9. The van der Waals surface area contributed by atoms with Gasteiger partial charge in [-0.25, -0.2) is 4.39 Å². The monoisotopic (exact) mass is 363 g/mol. The Hall–Kier alpha value is -1.92. The minimum absolute atomic E-state index is 0.0613. The number of nitrogens with one attached hydrogen (secondary N) is 1. The Balaban J connectivity index is 1.69. The van der Waals surface area contributed by atoms with Crippen molar-refractivity contribution in [3.05, 3.63) is 52.0 Å². The molecule has 25 heavy (non-hydrogen) atoms. The van der Waals surface area contributed by atoms with E-state index in [-0.39, 0.29) is 29.7 Å². The predicted molar refractivity (Wildman–Crippen MR) is 95.2 cm³/mol. The summed E-state index contributed by atoms with van der Waals surface area (Å²) in [5.41, 5.74) is 1.85. The maximum absolute atomic E-state index is 14.1. The smallest absolute Gasteiger partial charge is 0.220 e. The number of methoxy groups -OCH3 is 1. The van der Waals surface area contributed by atoms with Gasteiger partial charge in [0.05, 0.1) is 19.3 Å². The summed E-state index contributed by atoms with van der Waals surface area (Å²) in [6, 6.07) is 6.48. The minimum atomic E-state index is -0.447. The fourth-order valence-electron chi connectivity index (χ4n) is 3.19. The van der Waals surface area contributed by atoms with E-state index in [2.05, 4.69) is 5.32 Å². The molecule has 1 aliphatic rings. The lowest BCUT2D eigenvalue weighted by atomic mass is 9.75. The van der Waals surface area contributed by atoms with E-state index in [0.717, 1.165) is 5.56 Å². The highest BCUT2D eigenvalue weighted by Crippen LogP contribution is 2.39. The number of aliphatic hydroxyl groups is 1. The van der Waals surface area contributed by atoms with Crippen molar-refractivity contribution >= 4 is 17.2 Å². The van der Waals surface area contributed by atoms with Crippen LogP contribution in [0.3, 0.4) is 0 Å². The summed E-state index contributed by atoms with van der Waals surface area (Å²) in [7, 11) is 1.42. The fourth-order valence-corrected chi connectivity index (χ4v) is 3.89. The molecule has 4 nitrogen and oxygen atoms in total. The summed E-state index contributed by atoms with van der Waals surface area (Å²) in [6.07, 6.45) is 1.97. The van der Waals surface area contributed by atoms with Gasteiger partial charge in [0.2, 0.25) is 5.91 Å². The van der Waals surface area contributed by atoms with Crippen molar-refractivity contribution in [3.8, 4) is 5.75 Å². The van der Waals surface area contributed by atoms with Crippen molar-refractivity contribution in [2.24, 2.45) is 5.92 Å². The standard InChI is InChI=1S/C19H22FNO3S/c1-24-17-4-3-13(10-16(17)20)19(14-8-15(22)9-14)21-18(23)5-2-12-6-7-25-11-12/h3-4,6-7,10-11,14-15,19,22H,2,5,8-9H2,1H3,(H,21,23). The van der Waals surface area contributed by atoms with Crippen molar-refractivity contribution < 1.29 is 19.0 Å². The molecule has 1 saturated carbocycles. The first kappa shape index (κ1) is 17.9. The first-order valence-electron chi connectivity index (χ1n) is 8.38. The van der Waals surface area contributed by atoms with Gasteiger partial charge in [-0.1, -0.05) is 6.07 Å². The highest BCUT2D eigenvalue weighted by molar-refractivity contribution is 7.07. The van der Waals surface area contributed by atoms with Crippen molar-refractivity contribution in [2.45, 2.75) is 37.8 Å². The number of carbonyl (C=O) groups is 1. The molecule has 0 radical (unpaired) electrons. The Morgan fingerprint density at radius 2 is 2.24 bits per heavy atom. The number of rotatable bonds is 7. The molecule has 0 aliphatic heterocycles. The maximum atomic E-state index is 14.1. The third-order valence-corrected chi connectivity index (χ3v) is 5.43. The highest BCUT2D eigenvalue weighted by atomic mass is 32.1. The first-order valence-corrected chi connectivity index (χ1v) is 9.33. The van der Waals surface area contributed by atoms with Gasteiger partial charge in [0.1, 0.15) is 0 Å². The molecular weight excluding hydrogens is 341 g/mol. The first-order chi connectivity index (χ1) is 12.1. The highest BCUT2D eigenvalue weighted by Gasteiger charge is 2.35. The van der Waals surface area contributed by atoms with Gasteiger partial charge in [-0.15, -0.1) is 0 Å². The van der Waals surface area contributed by atoms with Crippen LogP contribution in [0.15, 0.2) is 35.0 Å². The lowest BCUT2D eigenvalue weighted by Gasteiger charge is -2.38. The van der Waals surface area contributed by atoms with Gasteiger partial charge in [-0.2, -0.15) is 11.3 Å². The Morgan fingerprint density at radius 1 is 1.44 bits per heavy atom. The molecular formula is C19H22FNO3S. The van der Waals surface area contributed by atoms with E-state index in [1.54, 1.807) is 23.5 Å². The zero-order chi connectivity index (χ0) is 17.8. The molecule has 1 unspecified atom stereocenters. The quantitative estimate of drug-likeness (QED) is 0.792. The second-order valence-corrected chi connectivity index (χ2v) is 7.24. The largest absolute Gasteiger partial charge is 0.494 e. The zero-order valence-electron chi connectivity index (χ0n) is 14.1. The van der Waals surface area contributed by atoms with Crippen LogP contribution < -0.4 is 10.1 Å². The molecule has 1 amide bonds. The Labute approximate surface area is 150 Å². The molecule has 1 atom stereocenters. The number of aliphatic hydroxyl groups excluding tert-OH is 1. The van der Waals surface area contributed by atoms with Gasteiger partial charge < -0.3 is 15.2 Å². The van der Waals surface area contributed by atoms with E-state index >= 15 is 0 Å². The van der Waals surface area contributed by atoms with E-state index in [1.165, 1.54) is 13.2 Å². The molecule has 2 aromatic rings. The predicted octanol–water partition coefficient (Wildman–Crippen LogP) is 3.46. The number of aryl methyl sites for hydroxylation is 1. The van der Waals surface area contributed by atoms with Crippen LogP contribution in [0.5, 0.6) is 5.75 Å². The van der Waals surface area contributed by atoms with Crippen molar-refractivity contribution in [3.63, 3.8) is 0 Å². The maximum Gasteiger partial charge on any atom is 0.220 e. The fraction of sp³-hybridized carbons (Fsp3) is 0.421. The second kappa shape index (κ2) is 7.97. The van der Waals surface area contributed by atoms with Gasteiger partial charge in [0.15, 0.2) is 11.6 Å². The van der Waals surface area contributed by atoms with Gasteiger partial charge >= 0.3 is 0 Å². The van der Waals surface area contributed by atoms with Crippen LogP contribution >= 0.6 is 11.3 Å². The van der Waals surface area contributed by atoms with Crippen LogP contribution in [-0.2, 0) is 11.2 Å². The summed E-state index contributed by atoms with van der Waals surface area (Å²) in [5.74, 6) is -0.209. The second-order valence-electron chi connectivity index (χ2n) is 6.46. The molecule has 1 heterocycles. The third kappa shape index (κ3) is 4.38. The van der Waals surface area contributed by atoms with Gasteiger partial charge in [0, 0.05) is 6.42 Å². The van der Waals surface area contributed by atoms with Crippen LogP contribution in [0.1, 0.15) is 36.4 Å². The number of thiophene rings is 1. The number of benzene rings is 1. The number of hydrogen-bond donors (Lipinski definition) is 2. The summed E-state index contributed by atoms with van der Waals surface area (Å²) < 4.78 is 19.0. The van der Waals surface area contributed by atoms with E-state index in [9.17, 15) is 14.3 Å². The Morgan fingerprint density at radius 3 is 2.84 bits per heavy atom. The van der Waals surface area contributed by atoms with Crippen LogP contribution in [-0.4, -0.2) is 24.2 Å². The van der Waals surface area contributed by atoms with Gasteiger partial charge in [-0.3, -0.25) is 4.79 Å². The average Bonchev–Trinajstić information content (AvgIpc) is 3.09. The van der Waals surface area contributed by atoms with Crippen molar-refractivity contribution in [1.29, 1.82) is 0 Å². The summed E-state index contributed by atoms with van der Waals surface area (Å²) >= 11 is 1.61. The molecule has 2 N–H and O–H groups in total. The number of hydrogen-bond acceptors (Lipinski definition) is 4. The van der Waals surface area contributed by atoms with Crippen LogP contribution in [0, 0.1) is 11.7 Å². The average molecular weight is 363 g/mol. The van der Waals surface area contributed by atoms with Crippen LogP contribution in [0.25, 0.3) is 0 Å². The number of amides is 1. The molecule has 0 bridgehead atoms. The topological polar surface area (TPSA) is 58.6 Å². The molecule has 1 aliphatic carbocycles. The molecule has 0 saturated heterocycles. The van der Waals surface area contributed by atoms with E-state index in [1.807, 2.05) is 16.8 Å². The Kier molecular flexibility index (Phi) is 5.71. The van der Waals surface area contributed by atoms with E-state index in [4.69, 9.17) is 4.74 Å². The van der Waals surface area contributed by atoms with Crippen molar-refractivity contribution in [2.75, 3.05) is 7.11 Å². The lowest BCUT2D eigenvalue weighted by molar-refractivity contribution is -0.123. The molecule has 6 heteroatoms. The van der Waals surface area contributed by atoms with Gasteiger partial charge in [0.25, 0.3) is 0 Å². The molecule has 0 spiro atoms. The van der Waals surface area contributed by atoms with Gasteiger partial charge in [-0.05, 0) is 65.3 Å². The lowest BCUT2D eigenvalue weighted by Crippen LogP contribution is -2.41. The molecule has 1 aromatic heterocycles. The number of halogens is 1. The summed E-state index contributed by atoms with van der Waals surface area (Å²) in [6.45, 7) is 0. The minimum Gasteiger partial charge on any atom is -0.494 e. The van der Waals surface area contributed by atoms with Crippen LogP contribution in [0.2, 0.25) is 0 Å². The van der Waals surface area contributed by atoms with E-state index < -0.39 is 5.82 Å². The number of ether oxygens (including phenoxy) is 1. The number of carbonyl (C=O) groups excluding carboxylic acids is 1. The molecule has 134 valence electrons. The summed E-state index contributed by atoms with van der Waals surface area (Å²) in [5, 5.41) is 16.7. The third-order valence-electron chi connectivity index (χ3n) is 4.69. The SMILES string of the molecule is COc1ccc(C(NC(=O)CCc2ccsc2)C2CC(O)C2)cc1F. The van der Waals surface area contributed by atoms with E-state index in [0.29, 0.717) is 31.2 Å². The molecule has 1 fully saturated rings. The summed E-state index contributed by atoms with van der Waals surface area (Å²) in [4.78, 5) is 12.4. The van der Waals surface area contributed by atoms with Crippen molar-refractivity contribution in [1.82, 2.24) is 5.32 Å². The van der Waals surface area contributed by atoms with Crippen LogP contribution in [0.4, 0.5) is 4.39 Å². The molecule has 3 rings (SSSR count). The molecule has 1 aromatic carbocycles. The normalized spacial score (nSPS) is 20.6.